The highest BCUT2D eigenvalue weighted by Gasteiger charge is 2.29. The number of aromatic nitrogens is 1. The lowest BCUT2D eigenvalue weighted by molar-refractivity contribution is 0.147. The average molecular weight is 210 g/mol. The second kappa shape index (κ2) is 4.33. The van der Waals surface area contributed by atoms with Crippen molar-refractivity contribution >= 4 is 0 Å². The molecule has 84 valence electrons. The van der Waals surface area contributed by atoms with Crippen LogP contribution in [0.3, 0.4) is 0 Å². The molecule has 1 heterocycles. The van der Waals surface area contributed by atoms with Gasteiger partial charge in [0, 0.05) is 6.54 Å². The molecule has 0 radical (unpaired) electrons. The summed E-state index contributed by atoms with van der Waals surface area (Å²) in [5, 5.41) is 12.8. The Morgan fingerprint density at radius 2 is 2.27 bits per heavy atom. The van der Waals surface area contributed by atoms with Gasteiger partial charge in [0.05, 0.1) is 18.3 Å². The van der Waals surface area contributed by atoms with Crippen LogP contribution in [0.1, 0.15) is 30.2 Å². The van der Waals surface area contributed by atoms with Crippen LogP contribution in [-0.2, 0) is 6.54 Å². The SMILES string of the molecule is Cc1nc(CNCC(O)C2CC2)oc1C. The third kappa shape index (κ3) is 2.79. The van der Waals surface area contributed by atoms with Gasteiger partial charge in [-0.3, -0.25) is 0 Å². The first-order valence-electron chi connectivity index (χ1n) is 5.48. The van der Waals surface area contributed by atoms with Crippen molar-refractivity contribution in [1.82, 2.24) is 10.3 Å². The van der Waals surface area contributed by atoms with Gasteiger partial charge in [0.25, 0.3) is 0 Å². The van der Waals surface area contributed by atoms with Crippen LogP contribution in [0, 0.1) is 19.8 Å². The number of hydrogen-bond acceptors (Lipinski definition) is 4. The molecular weight excluding hydrogens is 192 g/mol. The van der Waals surface area contributed by atoms with Crippen molar-refractivity contribution in [2.45, 2.75) is 39.3 Å². The molecule has 1 aliphatic carbocycles. The Balaban J connectivity index is 1.73. The molecule has 2 N–H and O–H groups in total. The summed E-state index contributed by atoms with van der Waals surface area (Å²) in [6, 6.07) is 0. The third-order valence-electron chi connectivity index (χ3n) is 2.87. The van der Waals surface area contributed by atoms with Gasteiger partial charge in [0.1, 0.15) is 5.76 Å². The summed E-state index contributed by atoms with van der Waals surface area (Å²) in [5.74, 6) is 2.09. The maximum atomic E-state index is 9.61. The number of nitrogens with zero attached hydrogens (tertiary/aromatic N) is 1. The van der Waals surface area contributed by atoms with Crippen molar-refractivity contribution in [3.05, 3.63) is 17.3 Å². The molecule has 1 aromatic rings. The van der Waals surface area contributed by atoms with Crippen LogP contribution in [0.15, 0.2) is 4.42 Å². The molecule has 0 saturated heterocycles. The maximum Gasteiger partial charge on any atom is 0.208 e. The minimum atomic E-state index is -0.206. The molecule has 1 saturated carbocycles. The molecule has 0 amide bonds. The van der Waals surface area contributed by atoms with Crippen molar-refractivity contribution in [2.24, 2.45) is 5.92 Å². The van der Waals surface area contributed by atoms with Crippen molar-refractivity contribution in [3.8, 4) is 0 Å². The van der Waals surface area contributed by atoms with Gasteiger partial charge < -0.3 is 14.8 Å². The summed E-state index contributed by atoms with van der Waals surface area (Å²) in [6.07, 6.45) is 2.13. The number of aliphatic hydroxyl groups excluding tert-OH is 1. The first-order valence-corrected chi connectivity index (χ1v) is 5.48. The van der Waals surface area contributed by atoms with Crippen molar-refractivity contribution in [3.63, 3.8) is 0 Å². The van der Waals surface area contributed by atoms with Gasteiger partial charge in [-0.05, 0) is 32.6 Å². The lowest BCUT2D eigenvalue weighted by atomic mass is 10.2. The van der Waals surface area contributed by atoms with E-state index in [0.29, 0.717) is 24.9 Å². The quantitative estimate of drug-likeness (QED) is 0.765. The minimum Gasteiger partial charge on any atom is -0.444 e. The largest absolute Gasteiger partial charge is 0.444 e. The van der Waals surface area contributed by atoms with Crippen molar-refractivity contribution < 1.29 is 9.52 Å². The molecule has 0 bridgehead atoms. The molecule has 4 heteroatoms. The first-order chi connectivity index (χ1) is 7.16. The highest BCUT2D eigenvalue weighted by Crippen LogP contribution is 2.32. The topological polar surface area (TPSA) is 58.3 Å². The molecule has 0 aromatic carbocycles. The van der Waals surface area contributed by atoms with Crippen LogP contribution in [-0.4, -0.2) is 22.7 Å². The maximum absolute atomic E-state index is 9.61. The van der Waals surface area contributed by atoms with E-state index in [1.807, 2.05) is 13.8 Å². The molecule has 1 atom stereocenters. The number of aryl methyl sites for hydroxylation is 2. The van der Waals surface area contributed by atoms with Gasteiger partial charge in [0.15, 0.2) is 0 Å². The Bertz CT molecular complexity index is 312. The lowest BCUT2D eigenvalue weighted by Crippen LogP contribution is -2.27. The molecule has 4 nitrogen and oxygen atoms in total. The predicted molar refractivity (Wildman–Crippen MR) is 56.4 cm³/mol. The molecule has 1 unspecified atom stereocenters. The number of rotatable bonds is 5. The zero-order valence-corrected chi connectivity index (χ0v) is 9.29. The summed E-state index contributed by atoms with van der Waals surface area (Å²) in [4.78, 5) is 4.26. The van der Waals surface area contributed by atoms with E-state index in [9.17, 15) is 5.11 Å². The second-order valence-electron chi connectivity index (χ2n) is 4.28. The van der Waals surface area contributed by atoms with Crippen LogP contribution in [0.5, 0.6) is 0 Å². The highest BCUT2D eigenvalue weighted by molar-refractivity contribution is 5.05. The standard InChI is InChI=1S/C11H18N2O2/c1-7-8(2)15-11(13-7)6-12-5-10(14)9-3-4-9/h9-10,12,14H,3-6H2,1-2H3. The van der Waals surface area contributed by atoms with E-state index >= 15 is 0 Å². The summed E-state index contributed by atoms with van der Waals surface area (Å²) >= 11 is 0. The lowest BCUT2D eigenvalue weighted by Gasteiger charge is -2.08. The molecule has 1 fully saturated rings. The van der Waals surface area contributed by atoms with E-state index in [0.717, 1.165) is 11.5 Å². The molecule has 0 spiro atoms. The van der Waals surface area contributed by atoms with E-state index in [1.165, 1.54) is 12.8 Å². The second-order valence-corrected chi connectivity index (χ2v) is 4.28. The Labute approximate surface area is 89.7 Å². The predicted octanol–water partition coefficient (Wildman–Crippen LogP) is 1.15. The van der Waals surface area contributed by atoms with Crippen LogP contribution in [0.25, 0.3) is 0 Å². The molecular formula is C11H18N2O2. The normalized spacial score (nSPS) is 18.1. The van der Waals surface area contributed by atoms with E-state index in [1.54, 1.807) is 0 Å². The summed E-state index contributed by atoms with van der Waals surface area (Å²) < 4.78 is 5.42. The van der Waals surface area contributed by atoms with E-state index < -0.39 is 0 Å². The van der Waals surface area contributed by atoms with Gasteiger partial charge in [-0.25, -0.2) is 4.98 Å². The Morgan fingerprint density at radius 3 is 2.80 bits per heavy atom. The van der Waals surface area contributed by atoms with Gasteiger partial charge in [-0.2, -0.15) is 0 Å². The fourth-order valence-electron chi connectivity index (χ4n) is 1.59. The average Bonchev–Trinajstić information content (AvgIpc) is 2.96. The summed E-state index contributed by atoms with van der Waals surface area (Å²) in [7, 11) is 0. The first kappa shape index (κ1) is 10.6. The molecule has 0 aliphatic heterocycles. The van der Waals surface area contributed by atoms with Gasteiger partial charge in [-0.15, -0.1) is 0 Å². The molecule has 15 heavy (non-hydrogen) atoms. The van der Waals surface area contributed by atoms with E-state index in [2.05, 4.69) is 10.3 Å². The molecule has 1 aromatic heterocycles. The van der Waals surface area contributed by atoms with Crippen molar-refractivity contribution in [2.75, 3.05) is 6.54 Å². The minimum absolute atomic E-state index is 0.206. The van der Waals surface area contributed by atoms with Crippen LogP contribution >= 0.6 is 0 Å². The fraction of sp³-hybridized carbons (Fsp3) is 0.727. The Morgan fingerprint density at radius 1 is 1.53 bits per heavy atom. The van der Waals surface area contributed by atoms with Crippen LogP contribution in [0.4, 0.5) is 0 Å². The summed E-state index contributed by atoms with van der Waals surface area (Å²) in [5.41, 5.74) is 0.939. The summed E-state index contributed by atoms with van der Waals surface area (Å²) in [6.45, 7) is 5.07. The number of hydrogen-bond donors (Lipinski definition) is 2. The molecule has 1 aliphatic rings. The van der Waals surface area contributed by atoms with Gasteiger partial charge in [0.2, 0.25) is 5.89 Å². The highest BCUT2D eigenvalue weighted by atomic mass is 16.4. The van der Waals surface area contributed by atoms with Gasteiger partial charge in [-0.1, -0.05) is 0 Å². The van der Waals surface area contributed by atoms with E-state index in [4.69, 9.17) is 4.42 Å². The smallest absolute Gasteiger partial charge is 0.208 e. The van der Waals surface area contributed by atoms with Crippen LogP contribution in [0.2, 0.25) is 0 Å². The third-order valence-corrected chi connectivity index (χ3v) is 2.87. The number of nitrogens with one attached hydrogen (secondary N) is 1. The molecule has 2 rings (SSSR count). The number of oxazole rings is 1. The zero-order chi connectivity index (χ0) is 10.8. The van der Waals surface area contributed by atoms with Crippen molar-refractivity contribution in [1.29, 1.82) is 0 Å². The fourth-order valence-corrected chi connectivity index (χ4v) is 1.59. The van der Waals surface area contributed by atoms with Crippen LogP contribution < -0.4 is 5.32 Å². The Hall–Kier alpha value is -0.870. The monoisotopic (exact) mass is 210 g/mol. The Kier molecular flexibility index (Phi) is 3.07. The van der Waals surface area contributed by atoms with E-state index in [-0.39, 0.29) is 6.10 Å². The zero-order valence-electron chi connectivity index (χ0n) is 9.29. The van der Waals surface area contributed by atoms with Gasteiger partial charge >= 0.3 is 0 Å². The number of aliphatic hydroxyl groups is 1.